The van der Waals surface area contributed by atoms with E-state index in [0.29, 0.717) is 16.4 Å². The Morgan fingerprint density at radius 3 is 3.18 bits per heavy atom. The minimum absolute atomic E-state index is 0.0763. The number of hydrogen-bond donors (Lipinski definition) is 2. The topological polar surface area (TPSA) is 98.8 Å². The lowest BCUT2D eigenvalue weighted by Gasteiger charge is -2.00. The first-order valence-corrected chi connectivity index (χ1v) is 6.61. The molecular formula is C9H11N5OS2. The van der Waals surface area contributed by atoms with Crippen LogP contribution in [0, 0.1) is 6.92 Å². The number of amidine groups is 1. The molecule has 90 valence electrons. The van der Waals surface area contributed by atoms with Gasteiger partial charge in [0.1, 0.15) is 0 Å². The lowest BCUT2D eigenvalue weighted by molar-refractivity contribution is 0.998. The first kappa shape index (κ1) is 11.9. The number of nitrogens with two attached hydrogens (primary N) is 2. The van der Waals surface area contributed by atoms with E-state index < -0.39 is 0 Å². The Balaban J connectivity index is 2.34. The van der Waals surface area contributed by atoms with Gasteiger partial charge in [0, 0.05) is 22.9 Å². The molecule has 8 heteroatoms. The number of aryl methyl sites for hydroxylation is 1. The third kappa shape index (κ3) is 2.42. The maximum absolute atomic E-state index is 11.8. The van der Waals surface area contributed by atoms with Gasteiger partial charge in [0.2, 0.25) is 0 Å². The molecule has 0 aromatic carbocycles. The second-order valence-electron chi connectivity index (χ2n) is 3.34. The molecule has 0 spiro atoms. The largest absolute Gasteiger partial charge is 0.377 e. The summed E-state index contributed by atoms with van der Waals surface area (Å²) in [6, 6.07) is 1.50. The molecule has 17 heavy (non-hydrogen) atoms. The Bertz CT molecular complexity index is 630. The van der Waals surface area contributed by atoms with Crippen molar-refractivity contribution in [1.82, 2.24) is 9.38 Å². The van der Waals surface area contributed by atoms with Crippen LogP contribution in [0.2, 0.25) is 0 Å². The van der Waals surface area contributed by atoms with Crippen LogP contribution in [0.25, 0.3) is 4.96 Å². The Morgan fingerprint density at radius 1 is 1.71 bits per heavy atom. The number of aromatic nitrogens is 2. The molecule has 2 rings (SSSR count). The number of nitrogens with zero attached hydrogens (tertiary/aromatic N) is 3. The Hall–Kier alpha value is -1.54. The van der Waals surface area contributed by atoms with E-state index in [1.807, 2.05) is 12.3 Å². The SMILES string of the molecule is Cc1csc2nc(CSC(N)=NN)cc(=O)n12. The smallest absolute Gasteiger partial charge is 0.258 e. The highest BCUT2D eigenvalue weighted by Crippen LogP contribution is 2.14. The van der Waals surface area contributed by atoms with E-state index in [2.05, 4.69) is 10.1 Å². The number of fused-ring (bicyclic) bond motifs is 1. The third-order valence-corrected chi connectivity index (χ3v) is 3.91. The molecule has 0 aliphatic heterocycles. The standard InChI is InChI=1S/C9H11N5OS2/c1-5-3-17-9-12-6(2-7(15)14(5)9)4-16-8(10)13-11/h2-3H,4,11H2,1H3,(H2,10,13). The second-order valence-corrected chi connectivity index (χ2v) is 5.17. The summed E-state index contributed by atoms with van der Waals surface area (Å²) in [5, 5.41) is 5.51. The third-order valence-electron chi connectivity index (χ3n) is 2.12. The van der Waals surface area contributed by atoms with Crippen LogP contribution in [0.5, 0.6) is 0 Å². The van der Waals surface area contributed by atoms with Crippen molar-refractivity contribution in [2.45, 2.75) is 12.7 Å². The van der Waals surface area contributed by atoms with E-state index in [1.54, 1.807) is 4.40 Å². The zero-order valence-corrected chi connectivity index (χ0v) is 10.7. The average Bonchev–Trinajstić information content (AvgIpc) is 2.68. The van der Waals surface area contributed by atoms with E-state index in [4.69, 9.17) is 11.6 Å². The van der Waals surface area contributed by atoms with E-state index in [9.17, 15) is 4.79 Å². The Labute approximate surface area is 105 Å². The Kier molecular flexibility index (Phi) is 3.34. The fraction of sp³-hybridized carbons (Fsp3) is 0.222. The van der Waals surface area contributed by atoms with E-state index in [1.165, 1.54) is 29.2 Å². The summed E-state index contributed by atoms with van der Waals surface area (Å²) in [7, 11) is 0. The highest BCUT2D eigenvalue weighted by molar-refractivity contribution is 8.13. The van der Waals surface area contributed by atoms with Crippen molar-refractivity contribution >= 4 is 33.2 Å². The number of rotatable bonds is 2. The minimum atomic E-state index is -0.0763. The van der Waals surface area contributed by atoms with Crippen LogP contribution >= 0.6 is 23.1 Å². The highest BCUT2D eigenvalue weighted by atomic mass is 32.2. The summed E-state index contributed by atoms with van der Waals surface area (Å²) >= 11 is 2.69. The number of thioether (sulfide) groups is 1. The summed E-state index contributed by atoms with van der Waals surface area (Å²) < 4.78 is 1.58. The zero-order valence-electron chi connectivity index (χ0n) is 9.08. The quantitative estimate of drug-likeness (QED) is 0.358. The van der Waals surface area contributed by atoms with Gasteiger partial charge in [0.15, 0.2) is 10.1 Å². The lowest BCUT2D eigenvalue weighted by atomic mass is 10.4. The fourth-order valence-corrected chi connectivity index (χ4v) is 2.77. The van der Waals surface area contributed by atoms with E-state index in [0.717, 1.165) is 5.69 Å². The van der Waals surface area contributed by atoms with Gasteiger partial charge in [-0.15, -0.1) is 11.3 Å². The van der Waals surface area contributed by atoms with Crippen molar-refractivity contribution in [1.29, 1.82) is 0 Å². The first-order valence-electron chi connectivity index (χ1n) is 4.74. The molecule has 0 amide bonds. The van der Waals surface area contributed by atoms with Gasteiger partial charge in [0.25, 0.3) is 5.56 Å². The molecule has 0 fully saturated rings. The molecule has 0 aliphatic carbocycles. The molecule has 6 nitrogen and oxygen atoms in total. The lowest BCUT2D eigenvalue weighted by Crippen LogP contribution is -2.15. The normalized spacial score (nSPS) is 12.2. The summed E-state index contributed by atoms with van der Waals surface area (Å²) in [5.41, 5.74) is 6.95. The molecule has 2 aromatic heterocycles. The second kappa shape index (κ2) is 4.76. The van der Waals surface area contributed by atoms with Crippen LogP contribution in [-0.2, 0) is 5.75 Å². The van der Waals surface area contributed by atoms with Gasteiger partial charge in [-0.1, -0.05) is 11.8 Å². The van der Waals surface area contributed by atoms with E-state index in [-0.39, 0.29) is 10.7 Å². The summed E-state index contributed by atoms with van der Waals surface area (Å²) in [6.07, 6.45) is 0. The monoisotopic (exact) mass is 269 g/mol. The molecular weight excluding hydrogens is 258 g/mol. The average molecular weight is 269 g/mol. The maximum Gasteiger partial charge on any atom is 0.258 e. The molecule has 2 heterocycles. The maximum atomic E-state index is 11.8. The number of hydrazone groups is 1. The fourth-order valence-electron chi connectivity index (χ4n) is 1.36. The van der Waals surface area contributed by atoms with Gasteiger partial charge in [-0.25, -0.2) is 4.98 Å². The Morgan fingerprint density at radius 2 is 2.47 bits per heavy atom. The van der Waals surface area contributed by atoms with Crippen LogP contribution < -0.4 is 17.1 Å². The minimum Gasteiger partial charge on any atom is -0.377 e. The van der Waals surface area contributed by atoms with Gasteiger partial charge in [0.05, 0.1) is 5.69 Å². The summed E-state index contributed by atoms with van der Waals surface area (Å²) in [4.78, 5) is 16.9. The van der Waals surface area contributed by atoms with Crippen molar-refractivity contribution < 1.29 is 0 Å². The predicted molar refractivity (Wildman–Crippen MR) is 71.2 cm³/mol. The van der Waals surface area contributed by atoms with Crippen molar-refractivity contribution in [3.05, 3.63) is 33.2 Å². The zero-order chi connectivity index (χ0) is 12.4. The van der Waals surface area contributed by atoms with Crippen LogP contribution in [0.1, 0.15) is 11.4 Å². The predicted octanol–water partition coefficient (Wildman–Crippen LogP) is 0.486. The van der Waals surface area contributed by atoms with Crippen LogP contribution in [-0.4, -0.2) is 14.6 Å². The van der Waals surface area contributed by atoms with Gasteiger partial charge in [-0.2, -0.15) is 5.10 Å². The first-order chi connectivity index (χ1) is 8.11. The molecule has 0 saturated heterocycles. The highest BCUT2D eigenvalue weighted by Gasteiger charge is 2.06. The van der Waals surface area contributed by atoms with Crippen molar-refractivity contribution in [3.8, 4) is 0 Å². The van der Waals surface area contributed by atoms with E-state index >= 15 is 0 Å². The van der Waals surface area contributed by atoms with Gasteiger partial charge in [-0.3, -0.25) is 9.20 Å². The van der Waals surface area contributed by atoms with Crippen molar-refractivity contribution in [2.75, 3.05) is 0 Å². The van der Waals surface area contributed by atoms with Gasteiger partial charge in [-0.05, 0) is 6.92 Å². The molecule has 0 unspecified atom stereocenters. The number of hydrogen-bond acceptors (Lipinski definition) is 6. The van der Waals surface area contributed by atoms with Gasteiger partial charge >= 0.3 is 0 Å². The van der Waals surface area contributed by atoms with Crippen LogP contribution in [0.3, 0.4) is 0 Å². The van der Waals surface area contributed by atoms with Crippen LogP contribution in [0.4, 0.5) is 0 Å². The van der Waals surface area contributed by atoms with Crippen LogP contribution in [0.15, 0.2) is 21.3 Å². The summed E-state index contributed by atoms with van der Waals surface area (Å²) in [5.74, 6) is 5.50. The van der Waals surface area contributed by atoms with Gasteiger partial charge < -0.3 is 11.6 Å². The molecule has 0 radical (unpaired) electrons. The number of thiazole rings is 1. The summed E-state index contributed by atoms with van der Waals surface area (Å²) in [6.45, 7) is 1.88. The molecule has 0 atom stereocenters. The van der Waals surface area contributed by atoms with Crippen molar-refractivity contribution in [2.24, 2.45) is 16.7 Å². The molecule has 0 aliphatic rings. The molecule has 0 bridgehead atoms. The van der Waals surface area contributed by atoms with Crippen molar-refractivity contribution in [3.63, 3.8) is 0 Å². The molecule has 0 saturated carbocycles. The molecule has 2 aromatic rings. The molecule has 4 N–H and O–H groups in total.